The maximum Gasteiger partial charge on any atom is 0.293 e. The Morgan fingerprint density at radius 2 is 1.89 bits per heavy atom. The van der Waals surface area contributed by atoms with Gasteiger partial charge in [-0.1, -0.05) is 30.0 Å². The number of hydrogen-bond acceptors (Lipinski definition) is 6. The predicted molar refractivity (Wildman–Crippen MR) is 127 cm³/mol. The third-order valence-electron chi connectivity index (χ3n) is 6.71. The summed E-state index contributed by atoms with van der Waals surface area (Å²) in [5.74, 6) is 4.34. The summed E-state index contributed by atoms with van der Waals surface area (Å²) in [7, 11) is 0. The third-order valence-corrected chi connectivity index (χ3v) is 6.71. The van der Waals surface area contributed by atoms with Crippen LogP contribution in [0.25, 0.3) is 0 Å². The molecule has 2 fully saturated rings. The van der Waals surface area contributed by atoms with Crippen LogP contribution in [0.15, 0.2) is 53.6 Å². The molecule has 2 aliphatic rings. The van der Waals surface area contributed by atoms with Gasteiger partial charge in [0.2, 0.25) is 5.75 Å². The quantitative estimate of drug-likeness (QED) is 0.474. The molecule has 7 nitrogen and oxygen atoms in total. The molecule has 5 rings (SSSR count). The lowest BCUT2D eigenvalue weighted by Crippen LogP contribution is -2.67. The topological polar surface area (TPSA) is 98.7 Å². The van der Waals surface area contributed by atoms with Gasteiger partial charge in [-0.15, -0.1) is 0 Å². The Bertz CT molecular complexity index is 1330. The van der Waals surface area contributed by atoms with E-state index in [1.54, 1.807) is 12.1 Å². The SMILES string of the molecule is O=c1[nH]cnc(C[C@H](CO)c2ccc(C#Cc3ccc(CN4CC5(CCO5)C4)cc3)cc2F)c1O. The van der Waals surface area contributed by atoms with Gasteiger partial charge in [0.25, 0.3) is 5.56 Å². The van der Waals surface area contributed by atoms with Gasteiger partial charge >= 0.3 is 0 Å². The fraction of sp³-hybridized carbons (Fsp3) is 0.333. The lowest BCUT2D eigenvalue weighted by atomic mass is 9.86. The summed E-state index contributed by atoms with van der Waals surface area (Å²) in [4.78, 5) is 20.1. The highest BCUT2D eigenvalue weighted by molar-refractivity contribution is 5.45. The summed E-state index contributed by atoms with van der Waals surface area (Å²) in [5.41, 5.74) is 2.39. The Hall–Kier alpha value is -3.51. The van der Waals surface area contributed by atoms with Crippen LogP contribution in [-0.4, -0.2) is 57.0 Å². The van der Waals surface area contributed by atoms with E-state index in [1.165, 1.54) is 11.6 Å². The molecule has 2 aromatic carbocycles. The molecule has 0 radical (unpaired) electrons. The molecule has 0 unspecified atom stereocenters. The van der Waals surface area contributed by atoms with E-state index in [9.17, 15) is 19.4 Å². The number of aliphatic hydroxyl groups is 1. The minimum atomic E-state index is -0.678. The molecule has 180 valence electrons. The number of aliphatic hydroxyl groups excluding tert-OH is 1. The van der Waals surface area contributed by atoms with Gasteiger partial charge < -0.3 is 19.9 Å². The van der Waals surface area contributed by atoms with E-state index < -0.39 is 23.0 Å². The molecule has 0 amide bonds. The number of likely N-dealkylation sites (tertiary alicyclic amines) is 1. The van der Waals surface area contributed by atoms with Crippen LogP contribution in [0.2, 0.25) is 0 Å². The number of H-pyrrole nitrogens is 1. The number of aromatic nitrogens is 2. The van der Waals surface area contributed by atoms with Crippen LogP contribution in [-0.2, 0) is 17.7 Å². The van der Waals surface area contributed by atoms with Crippen molar-refractivity contribution >= 4 is 0 Å². The highest BCUT2D eigenvalue weighted by Crippen LogP contribution is 2.36. The number of ether oxygens (including phenoxy) is 1. The van der Waals surface area contributed by atoms with Crippen molar-refractivity contribution in [1.29, 1.82) is 0 Å². The van der Waals surface area contributed by atoms with Gasteiger partial charge in [-0.3, -0.25) is 9.69 Å². The van der Waals surface area contributed by atoms with Crippen molar-refractivity contribution in [2.75, 3.05) is 26.3 Å². The van der Waals surface area contributed by atoms with Crippen LogP contribution in [0.5, 0.6) is 5.75 Å². The molecule has 3 N–H and O–H groups in total. The van der Waals surface area contributed by atoms with Gasteiger partial charge in [-0.05, 0) is 35.4 Å². The third kappa shape index (κ3) is 4.98. The number of rotatable bonds is 6. The number of nitrogens with zero attached hydrogens (tertiary/aromatic N) is 2. The van der Waals surface area contributed by atoms with E-state index in [-0.39, 0.29) is 29.9 Å². The molecular formula is C27H26FN3O4. The summed E-state index contributed by atoms with van der Waals surface area (Å²) in [6, 6.07) is 12.6. The maximum atomic E-state index is 14.9. The fourth-order valence-corrected chi connectivity index (χ4v) is 4.64. The number of aromatic hydroxyl groups is 1. The lowest BCUT2D eigenvalue weighted by Gasteiger charge is -2.55. The smallest absolute Gasteiger partial charge is 0.293 e. The van der Waals surface area contributed by atoms with Crippen LogP contribution < -0.4 is 5.56 Å². The van der Waals surface area contributed by atoms with Crippen molar-refractivity contribution in [3.63, 3.8) is 0 Å². The molecule has 0 bridgehead atoms. The fourth-order valence-electron chi connectivity index (χ4n) is 4.64. The maximum absolute atomic E-state index is 14.9. The molecule has 2 aliphatic heterocycles. The first-order valence-electron chi connectivity index (χ1n) is 11.6. The van der Waals surface area contributed by atoms with Crippen molar-refractivity contribution < 1.29 is 19.3 Å². The first-order valence-corrected chi connectivity index (χ1v) is 11.6. The van der Waals surface area contributed by atoms with Crippen LogP contribution in [0, 0.1) is 17.7 Å². The van der Waals surface area contributed by atoms with Gasteiger partial charge in [0.05, 0.1) is 30.8 Å². The average Bonchev–Trinajstić information content (AvgIpc) is 2.81. The molecule has 8 heteroatoms. The minimum Gasteiger partial charge on any atom is -0.502 e. The first-order chi connectivity index (χ1) is 16.9. The highest BCUT2D eigenvalue weighted by Gasteiger charge is 2.48. The zero-order chi connectivity index (χ0) is 24.4. The largest absolute Gasteiger partial charge is 0.502 e. The first kappa shape index (κ1) is 23.2. The molecule has 1 spiro atoms. The highest BCUT2D eigenvalue weighted by atomic mass is 19.1. The number of halogens is 1. The van der Waals surface area contributed by atoms with E-state index in [1.807, 2.05) is 12.1 Å². The Labute approximate surface area is 202 Å². The van der Waals surface area contributed by atoms with Crippen molar-refractivity contribution in [3.8, 4) is 17.6 Å². The molecule has 3 aromatic rings. The van der Waals surface area contributed by atoms with E-state index in [0.717, 1.165) is 44.6 Å². The summed E-state index contributed by atoms with van der Waals surface area (Å²) in [6.07, 6.45) is 2.35. The van der Waals surface area contributed by atoms with Gasteiger partial charge in [-0.2, -0.15) is 0 Å². The summed E-state index contributed by atoms with van der Waals surface area (Å²) < 4.78 is 20.5. The van der Waals surface area contributed by atoms with E-state index in [0.29, 0.717) is 5.56 Å². The summed E-state index contributed by atoms with van der Waals surface area (Å²) in [5, 5.41) is 19.7. The second kappa shape index (κ2) is 9.62. The van der Waals surface area contributed by atoms with E-state index >= 15 is 0 Å². The molecular weight excluding hydrogens is 449 g/mol. The van der Waals surface area contributed by atoms with Crippen molar-refractivity contribution in [2.24, 2.45) is 0 Å². The number of hydrogen-bond donors (Lipinski definition) is 3. The minimum absolute atomic E-state index is 0.0198. The Kier molecular flexibility index (Phi) is 6.39. The van der Waals surface area contributed by atoms with Crippen LogP contribution in [0.1, 0.15) is 40.3 Å². The van der Waals surface area contributed by atoms with Crippen LogP contribution in [0.4, 0.5) is 4.39 Å². The Balaban J connectivity index is 1.23. The molecule has 0 saturated carbocycles. The predicted octanol–water partition coefficient (Wildman–Crippen LogP) is 2.31. The van der Waals surface area contributed by atoms with Gasteiger partial charge in [-0.25, -0.2) is 9.37 Å². The zero-order valence-corrected chi connectivity index (χ0v) is 19.1. The molecule has 1 atom stereocenters. The summed E-state index contributed by atoms with van der Waals surface area (Å²) >= 11 is 0. The van der Waals surface area contributed by atoms with Crippen molar-refractivity contribution in [3.05, 3.63) is 92.9 Å². The van der Waals surface area contributed by atoms with Crippen LogP contribution >= 0.6 is 0 Å². The normalized spacial score (nSPS) is 17.2. The standard InChI is InChI=1S/C27H26FN3O4/c28-23-11-19(7-8-22(23)21(14-32)12-24-25(33)26(34)30-17-29-24)4-1-18-2-5-20(6-3-18)13-31-15-27(16-31)9-10-35-27/h2-3,5-8,11,17,21,32-33H,9-10,12-16H2,(H,29,30,34)/t21-/m1/s1. The average molecular weight is 476 g/mol. The van der Waals surface area contributed by atoms with Crippen molar-refractivity contribution in [1.82, 2.24) is 14.9 Å². The van der Waals surface area contributed by atoms with Gasteiger partial charge in [0.15, 0.2) is 0 Å². The lowest BCUT2D eigenvalue weighted by molar-refractivity contribution is -0.223. The number of benzene rings is 2. The molecule has 2 saturated heterocycles. The van der Waals surface area contributed by atoms with Gasteiger partial charge in [0.1, 0.15) is 5.82 Å². The molecule has 3 heterocycles. The van der Waals surface area contributed by atoms with E-state index in [4.69, 9.17) is 4.74 Å². The molecule has 0 aliphatic carbocycles. The Morgan fingerprint density at radius 3 is 2.54 bits per heavy atom. The van der Waals surface area contributed by atoms with Gasteiger partial charge in [0, 0.05) is 49.5 Å². The second-order valence-corrected chi connectivity index (χ2v) is 9.22. The monoisotopic (exact) mass is 475 g/mol. The molecule has 1 aromatic heterocycles. The van der Waals surface area contributed by atoms with E-state index in [2.05, 4.69) is 38.8 Å². The van der Waals surface area contributed by atoms with Crippen molar-refractivity contribution in [2.45, 2.75) is 30.9 Å². The number of nitrogens with one attached hydrogen (secondary N) is 1. The van der Waals surface area contributed by atoms with Crippen LogP contribution in [0.3, 0.4) is 0 Å². The molecule has 35 heavy (non-hydrogen) atoms. The Morgan fingerprint density at radius 1 is 1.17 bits per heavy atom. The number of aromatic amines is 1. The summed E-state index contributed by atoms with van der Waals surface area (Å²) in [6.45, 7) is 3.40. The second-order valence-electron chi connectivity index (χ2n) is 9.22. The zero-order valence-electron chi connectivity index (χ0n) is 19.1.